The minimum absolute atomic E-state index is 0. The summed E-state index contributed by atoms with van der Waals surface area (Å²) < 4.78 is 28.8. The maximum atomic E-state index is 12.8. The van der Waals surface area contributed by atoms with E-state index in [-0.39, 0.29) is 12.4 Å². The number of nitrogens with one attached hydrogen (secondary N) is 1. The SMILES string of the molecule is Cc1nn(C)c(C)c1S(=O)(=O)N1C[C@H]2CNC[C@H]2C1.Cl. The Balaban J connectivity index is 0.00000147. The molecule has 8 heteroatoms. The van der Waals surface area contributed by atoms with E-state index in [1.54, 1.807) is 23.0 Å². The fourth-order valence-corrected chi connectivity index (χ4v) is 5.22. The van der Waals surface area contributed by atoms with Gasteiger partial charge in [-0.05, 0) is 38.8 Å². The van der Waals surface area contributed by atoms with Crippen molar-refractivity contribution in [3.63, 3.8) is 0 Å². The van der Waals surface area contributed by atoms with Crippen molar-refractivity contribution in [2.75, 3.05) is 26.2 Å². The molecule has 0 unspecified atom stereocenters. The first-order valence-electron chi connectivity index (χ1n) is 6.62. The van der Waals surface area contributed by atoms with Crippen LogP contribution in [-0.4, -0.2) is 48.7 Å². The quantitative estimate of drug-likeness (QED) is 0.851. The Morgan fingerprint density at radius 2 is 1.75 bits per heavy atom. The van der Waals surface area contributed by atoms with Crippen molar-refractivity contribution >= 4 is 22.4 Å². The highest BCUT2D eigenvalue weighted by atomic mass is 35.5. The van der Waals surface area contributed by atoms with Crippen LogP contribution in [0.2, 0.25) is 0 Å². The van der Waals surface area contributed by atoms with Gasteiger partial charge in [0.05, 0.1) is 11.4 Å². The van der Waals surface area contributed by atoms with Gasteiger partial charge in [0.2, 0.25) is 10.0 Å². The van der Waals surface area contributed by atoms with Gasteiger partial charge in [0, 0.05) is 20.1 Å². The van der Waals surface area contributed by atoms with Gasteiger partial charge in [-0.25, -0.2) is 8.42 Å². The van der Waals surface area contributed by atoms with Crippen molar-refractivity contribution in [3.8, 4) is 0 Å². The Morgan fingerprint density at radius 1 is 1.20 bits per heavy atom. The molecule has 0 aliphatic carbocycles. The van der Waals surface area contributed by atoms with E-state index >= 15 is 0 Å². The molecular formula is C12H21ClN4O2S. The van der Waals surface area contributed by atoms with Crippen molar-refractivity contribution in [3.05, 3.63) is 11.4 Å². The van der Waals surface area contributed by atoms with Gasteiger partial charge in [0.15, 0.2) is 0 Å². The van der Waals surface area contributed by atoms with Gasteiger partial charge in [0.25, 0.3) is 0 Å². The third kappa shape index (κ3) is 2.26. The standard InChI is InChI=1S/C12H20N4O2S.ClH/c1-8-12(9(2)15(3)14-8)19(17,18)16-6-10-4-13-5-11(10)7-16;/h10-11,13H,4-7H2,1-3H3;1H/t10-,11+;. The van der Waals surface area contributed by atoms with Crippen LogP contribution in [0.5, 0.6) is 0 Å². The molecule has 1 aromatic heterocycles. The number of hydrogen-bond donors (Lipinski definition) is 1. The summed E-state index contributed by atoms with van der Waals surface area (Å²) in [5.41, 5.74) is 1.31. The molecule has 2 aliphatic rings. The third-order valence-corrected chi connectivity index (χ3v) is 6.48. The first kappa shape index (κ1) is 15.8. The minimum atomic E-state index is -3.40. The maximum absolute atomic E-state index is 12.8. The molecule has 1 aromatic rings. The number of sulfonamides is 1. The molecular weight excluding hydrogens is 300 g/mol. The second-order valence-corrected chi connectivity index (χ2v) is 7.50. The third-order valence-electron chi connectivity index (χ3n) is 4.40. The van der Waals surface area contributed by atoms with Crippen molar-refractivity contribution in [2.24, 2.45) is 18.9 Å². The van der Waals surface area contributed by atoms with Crippen molar-refractivity contribution < 1.29 is 8.42 Å². The molecule has 0 bridgehead atoms. The molecule has 0 radical (unpaired) electrons. The van der Waals surface area contributed by atoms with E-state index in [1.165, 1.54) is 0 Å². The lowest BCUT2D eigenvalue weighted by atomic mass is 10.0. The summed E-state index contributed by atoms with van der Waals surface area (Å²) in [4.78, 5) is 0.392. The Bertz CT molecular complexity index is 601. The van der Waals surface area contributed by atoms with Crippen LogP contribution in [0.4, 0.5) is 0 Å². The molecule has 0 spiro atoms. The number of nitrogens with zero attached hydrogens (tertiary/aromatic N) is 3. The fraction of sp³-hybridized carbons (Fsp3) is 0.750. The predicted octanol–water partition coefficient (Wildman–Crippen LogP) is 0.299. The topological polar surface area (TPSA) is 67.2 Å². The summed E-state index contributed by atoms with van der Waals surface area (Å²) in [5.74, 6) is 0.930. The van der Waals surface area contributed by atoms with Gasteiger partial charge in [-0.15, -0.1) is 12.4 Å². The molecule has 0 aromatic carbocycles. The van der Waals surface area contributed by atoms with Crippen LogP contribution in [0.15, 0.2) is 4.90 Å². The maximum Gasteiger partial charge on any atom is 0.246 e. The first-order chi connectivity index (χ1) is 8.91. The highest BCUT2D eigenvalue weighted by Crippen LogP contribution is 2.32. The van der Waals surface area contributed by atoms with E-state index in [4.69, 9.17) is 0 Å². The molecule has 2 fully saturated rings. The number of aryl methyl sites for hydroxylation is 2. The van der Waals surface area contributed by atoms with E-state index < -0.39 is 10.0 Å². The van der Waals surface area contributed by atoms with Gasteiger partial charge in [-0.3, -0.25) is 4.68 Å². The van der Waals surface area contributed by atoms with Crippen LogP contribution in [-0.2, 0) is 17.1 Å². The molecule has 20 heavy (non-hydrogen) atoms. The predicted molar refractivity (Wildman–Crippen MR) is 78.5 cm³/mol. The van der Waals surface area contributed by atoms with Gasteiger partial charge < -0.3 is 5.32 Å². The zero-order chi connectivity index (χ0) is 13.8. The van der Waals surface area contributed by atoms with Crippen LogP contribution in [0.25, 0.3) is 0 Å². The Hall–Kier alpha value is -0.630. The fourth-order valence-electron chi connectivity index (χ4n) is 3.27. The smallest absolute Gasteiger partial charge is 0.246 e. The zero-order valence-electron chi connectivity index (χ0n) is 12.0. The molecule has 2 aliphatic heterocycles. The average molecular weight is 321 g/mol. The normalized spacial score (nSPS) is 26.6. The molecule has 114 valence electrons. The van der Waals surface area contributed by atoms with Crippen LogP contribution in [0, 0.1) is 25.7 Å². The average Bonchev–Trinajstić information content (AvgIpc) is 2.92. The first-order valence-corrected chi connectivity index (χ1v) is 8.06. The molecule has 3 rings (SSSR count). The Kier molecular flexibility index (Phi) is 4.17. The Morgan fingerprint density at radius 3 is 2.20 bits per heavy atom. The van der Waals surface area contributed by atoms with Crippen molar-refractivity contribution in [1.82, 2.24) is 19.4 Å². The lowest BCUT2D eigenvalue weighted by molar-refractivity contribution is 0.447. The van der Waals surface area contributed by atoms with E-state index in [0.29, 0.717) is 41.2 Å². The number of hydrogen-bond acceptors (Lipinski definition) is 4. The van der Waals surface area contributed by atoms with Crippen molar-refractivity contribution in [1.29, 1.82) is 0 Å². The molecule has 6 nitrogen and oxygen atoms in total. The summed E-state index contributed by atoms with van der Waals surface area (Å²) >= 11 is 0. The molecule has 3 heterocycles. The summed E-state index contributed by atoms with van der Waals surface area (Å²) in [6, 6.07) is 0. The van der Waals surface area contributed by atoms with E-state index in [9.17, 15) is 8.42 Å². The largest absolute Gasteiger partial charge is 0.316 e. The van der Waals surface area contributed by atoms with Gasteiger partial charge in [-0.2, -0.15) is 9.40 Å². The monoisotopic (exact) mass is 320 g/mol. The number of fused-ring (bicyclic) bond motifs is 1. The lowest BCUT2D eigenvalue weighted by Gasteiger charge is -2.17. The molecule has 1 N–H and O–H groups in total. The van der Waals surface area contributed by atoms with Crippen LogP contribution >= 0.6 is 12.4 Å². The summed E-state index contributed by atoms with van der Waals surface area (Å²) in [6.07, 6.45) is 0. The number of aromatic nitrogens is 2. The second-order valence-electron chi connectivity index (χ2n) is 5.62. The highest BCUT2D eigenvalue weighted by molar-refractivity contribution is 7.89. The summed E-state index contributed by atoms with van der Waals surface area (Å²) in [6.45, 7) is 6.70. The van der Waals surface area contributed by atoms with Gasteiger partial charge in [0.1, 0.15) is 4.90 Å². The van der Waals surface area contributed by atoms with E-state index in [1.807, 2.05) is 6.92 Å². The minimum Gasteiger partial charge on any atom is -0.316 e. The summed E-state index contributed by atoms with van der Waals surface area (Å²) in [7, 11) is -1.62. The number of rotatable bonds is 2. The number of halogens is 1. The second kappa shape index (κ2) is 5.29. The van der Waals surface area contributed by atoms with Crippen LogP contribution in [0.1, 0.15) is 11.4 Å². The summed E-state index contributed by atoms with van der Waals surface area (Å²) in [5, 5.41) is 7.54. The van der Waals surface area contributed by atoms with Crippen molar-refractivity contribution in [2.45, 2.75) is 18.7 Å². The lowest BCUT2D eigenvalue weighted by Crippen LogP contribution is -2.32. The van der Waals surface area contributed by atoms with E-state index in [2.05, 4.69) is 10.4 Å². The Labute approximate surface area is 126 Å². The van der Waals surface area contributed by atoms with E-state index in [0.717, 1.165) is 13.1 Å². The molecule has 2 atom stereocenters. The van der Waals surface area contributed by atoms with Crippen LogP contribution < -0.4 is 5.32 Å². The highest BCUT2D eigenvalue weighted by Gasteiger charge is 2.42. The van der Waals surface area contributed by atoms with Gasteiger partial charge >= 0.3 is 0 Å². The zero-order valence-corrected chi connectivity index (χ0v) is 13.6. The molecule has 0 saturated carbocycles. The molecule has 0 amide bonds. The molecule has 2 saturated heterocycles. The van der Waals surface area contributed by atoms with Gasteiger partial charge in [-0.1, -0.05) is 0 Å². The van der Waals surface area contributed by atoms with Crippen LogP contribution in [0.3, 0.4) is 0 Å².